The normalized spacial score (nSPS) is 10.2. The van der Waals surface area contributed by atoms with Gasteiger partial charge in [-0.05, 0) is 37.6 Å². The Balaban J connectivity index is 2.06. The van der Waals surface area contributed by atoms with Crippen molar-refractivity contribution in [1.29, 1.82) is 5.26 Å². The van der Waals surface area contributed by atoms with Gasteiger partial charge in [-0.1, -0.05) is 0 Å². The Morgan fingerprint density at radius 3 is 2.71 bits per heavy atom. The number of carbonyl (C=O) groups is 2. The molecule has 0 fully saturated rings. The van der Waals surface area contributed by atoms with Gasteiger partial charge in [0.1, 0.15) is 5.01 Å². The second kappa shape index (κ2) is 11.0. The molecule has 0 radical (unpaired) electrons. The number of ether oxygens (including phenoxy) is 2. The lowest BCUT2D eigenvalue weighted by Crippen LogP contribution is -2.35. The number of aromatic nitrogens is 1. The fraction of sp³-hybridized carbons (Fsp3) is 0.368. The van der Waals surface area contributed by atoms with Crippen LogP contribution in [0.3, 0.4) is 0 Å². The van der Waals surface area contributed by atoms with Crippen LogP contribution in [0.25, 0.3) is 0 Å². The van der Waals surface area contributed by atoms with Crippen LogP contribution in [-0.4, -0.2) is 48.8 Å². The fourth-order valence-electron chi connectivity index (χ4n) is 2.33. The van der Waals surface area contributed by atoms with E-state index in [1.807, 2.05) is 6.07 Å². The van der Waals surface area contributed by atoms with Gasteiger partial charge in [0.25, 0.3) is 0 Å². The molecule has 2 amide bonds. The topological polar surface area (TPSA) is 105 Å². The lowest BCUT2D eigenvalue weighted by atomic mass is 10.2. The van der Waals surface area contributed by atoms with Crippen molar-refractivity contribution >= 4 is 29.0 Å². The van der Waals surface area contributed by atoms with Crippen LogP contribution >= 0.6 is 11.3 Å². The van der Waals surface area contributed by atoms with E-state index >= 15 is 0 Å². The van der Waals surface area contributed by atoms with Crippen molar-refractivity contribution in [2.75, 3.05) is 32.2 Å². The zero-order valence-corrected chi connectivity index (χ0v) is 16.6. The number of nitrogens with one attached hydrogen (secondary N) is 1. The molecule has 1 N–H and O–H groups in total. The fourth-order valence-corrected chi connectivity index (χ4v) is 3.11. The highest BCUT2D eigenvalue weighted by Gasteiger charge is 2.18. The van der Waals surface area contributed by atoms with Gasteiger partial charge < -0.3 is 19.7 Å². The van der Waals surface area contributed by atoms with Gasteiger partial charge in [0, 0.05) is 31.3 Å². The number of thiazole rings is 1. The largest absolute Gasteiger partial charge is 0.461 e. The van der Waals surface area contributed by atoms with Crippen molar-refractivity contribution in [2.24, 2.45) is 0 Å². The summed E-state index contributed by atoms with van der Waals surface area (Å²) in [6.45, 7) is 3.25. The molecule has 0 aliphatic carbocycles. The number of nitrogens with zero attached hydrogens (tertiary/aromatic N) is 3. The standard InChI is InChI=1S/C19H22N4O4S/c1-3-27-18(24)16-13-28-17(22-16)12-23(9-4-10-26-2)19(25)21-15-7-5-14(11-20)6-8-15/h5-8,13H,3-4,9-10,12H2,1-2H3,(H,21,25). The zero-order chi connectivity index (χ0) is 20.4. The molecule has 0 unspecified atom stereocenters. The lowest BCUT2D eigenvalue weighted by Gasteiger charge is -2.22. The van der Waals surface area contributed by atoms with Crippen molar-refractivity contribution in [3.8, 4) is 6.07 Å². The molecule has 148 valence electrons. The third-order valence-electron chi connectivity index (χ3n) is 3.69. The van der Waals surface area contributed by atoms with Crippen molar-refractivity contribution in [1.82, 2.24) is 9.88 Å². The van der Waals surface area contributed by atoms with Crippen LogP contribution in [0.2, 0.25) is 0 Å². The number of hydrogen-bond donors (Lipinski definition) is 1. The Kier molecular flexibility index (Phi) is 8.39. The minimum Gasteiger partial charge on any atom is -0.461 e. The predicted molar refractivity (Wildman–Crippen MR) is 105 cm³/mol. The number of benzene rings is 1. The zero-order valence-electron chi connectivity index (χ0n) is 15.8. The van der Waals surface area contributed by atoms with Crippen molar-refractivity contribution in [3.63, 3.8) is 0 Å². The summed E-state index contributed by atoms with van der Waals surface area (Å²) in [6.07, 6.45) is 0.660. The molecule has 0 aliphatic rings. The van der Waals surface area contributed by atoms with Gasteiger partial charge >= 0.3 is 12.0 Å². The molecule has 0 bridgehead atoms. The Morgan fingerprint density at radius 1 is 1.32 bits per heavy atom. The number of amides is 2. The Morgan fingerprint density at radius 2 is 2.07 bits per heavy atom. The molecule has 1 aromatic carbocycles. The molecule has 0 saturated heterocycles. The average molecular weight is 402 g/mol. The quantitative estimate of drug-likeness (QED) is 0.510. The maximum Gasteiger partial charge on any atom is 0.357 e. The highest BCUT2D eigenvalue weighted by Crippen LogP contribution is 2.16. The predicted octanol–water partition coefficient (Wildman–Crippen LogP) is 3.26. The highest BCUT2D eigenvalue weighted by molar-refractivity contribution is 7.09. The maximum atomic E-state index is 12.7. The molecule has 1 aromatic heterocycles. The van der Waals surface area contributed by atoms with E-state index in [2.05, 4.69) is 10.3 Å². The van der Waals surface area contributed by atoms with E-state index in [0.717, 1.165) is 0 Å². The number of nitriles is 1. The third-order valence-corrected chi connectivity index (χ3v) is 4.52. The van der Waals surface area contributed by atoms with Gasteiger partial charge in [-0.2, -0.15) is 5.26 Å². The number of hydrogen-bond acceptors (Lipinski definition) is 7. The van der Waals surface area contributed by atoms with Gasteiger partial charge in [0.05, 0.1) is 24.8 Å². The molecule has 1 heterocycles. The van der Waals surface area contributed by atoms with Crippen LogP contribution in [-0.2, 0) is 16.0 Å². The van der Waals surface area contributed by atoms with E-state index < -0.39 is 5.97 Å². The van der Waals surface area contributed by atoms with E-state index in [4.69, 9.17) is 14.7 Å². The minimum atomic E-state index is -0.474. The Labute approximate surface area is 167 Å². The van der Waals surface area contributed by atoms with E-state index in [1.165, 1.54) is 11.3 Å². The third kappa shape index (κ3) is 6.33. The lowest BCUT2D eigenvalue weighted by molar-refractivity contribution is 0.0520. The summed E-state index contributed by atoms with van der Waals surface area (Å²) in [5.41, 5.74) is 1.35. The van der Waals surface area contributed by atoms with Crippen LogP contribution in [0.1, 0.15) is 34.4 Å². The van der Waals surface area contributed by atoms with Crippen LogP contribution in [0.5, 0.6) is 0 Å². The summed E-state index contributed by atoms with van der Waals surface area (Å²) in [5, 5.41) is 13.9. The monoisotopic (exact) mass is 402 g/mol. The Hall–Kier alpha value is -2.96. The molecule has 0 atom stereocenters. The summed E-state index contributed by atoms with van der Waals surface area (Å²) in [5.74, 6) is -0.474. The Bertz CT molecular complexity index is 829. The number of methoxy groups -OCH3 is 1. The number of esters is 1. The second-order valence-electron chi connectivity index (χ2n) is 5.73. The van der Waals surface area contributed by atoms with Gasteiger partial charge in [-0.3, -0.25) is 0 Å². The van der Waals surface area contributed by atoms with Gasteiger partial charge in [-0.25, -0.2) is 14.6 Å². The molecule has 8 nitrogen and oxygen atoms in total. The van der Waals surface area contributed by atoms with Crippen LogP contribution < -0.4 is 5.32 Å². The number of urea groups is 1. The van der Waals surface area contributed by atoms with E-state index in [9.17, 15) is 9.59 Å². The first-order chi connectivity index (χ1) is 13.6. The summed E-state index contributed by atoms with van der Waals surface area (Å²) < 4.78 is 10.0. The summed E-state index contributed by atoms with van der Waals surface area (Å²) >= 11 is 1.30. The molecule has 28 heavy (non-hydrogen) atoms. The van der Waals surface area contributed by atoms with E-state index in [1.54, 1.807) is 48.6 Å². The minimum absolute atomic E-state index is 0.242. The number of carbonyl (C=O) groups excluding carboxylic acids is 2. The summed E-state index contributed by atoms with van der Waals surface area (Å²) in [4.78, 5) is 30.3. The molecule has 2 aromatic rings. The maximum absolute atomic E-state index is 12.7. The van der Waals surface area contributed by atoms with Crippen molar-refractivity contribution in [2.45, 2.75) is 19.9 Å². The number of rotatable bonds is 9. The molecular weight excluding hydrogens is 380 g/mol. The van der Waals surface area contributed by atoms with Crippen LogP contribution in [0.4, 0.5) is 10.5 Å². The highest BCUT2D eigenvalue weighted by atomic mass is 32.1. The van der Waals surface area contributed by atoms with E-state index in [0.29, 0.717) is 35.8 Å². The van der Waals surface area contributed by atoms with Crippen LogP contribution in [0, 0.1) is 11.3 Å². The smallest absolute Gasteiger partial charge is 0.357 e. The molecular formula is C19H22N4O4S. The number of anilines is 1. The average Bonchev–Trinajstić information content (AvgIpc) is 3.17. The van der Waals surface area contributed by atoms with Gasteiger partial charge in [0.2, 0.25) is 0 Å². The SMILES string of the molecule is CCOC(=O)c1csc(CN(CCCOC)C(=O)Nc2ccc(C#N)cc2)n1. The van der Waals surface area contributed by atoms with Gasteiger partial charge in [0.15, 0.2) is 5.69 Å². The second-order valence-corrected chi connectivity index (χ2v) is 6.68. The van der Waals surface area contributed by atoms with Gasteiger partial charge in [-0.15, -0.1) is 11.3 Å². The van der Waals surface area contributed by atoms with Crippen molar-refractivity contribution < 1.29 is 19.1 Å². The summed E-state index contributed by atoms with van der Waals surface area (Å²) in [6, 6.07) is 8.36. The molecule has 9 heteroatoms. The molecule has 0 saturated carbocycles. The summed E-state index contributed by atoms with van der Waals surface area (Å²) in [7, 11) is 1.60. The first-order valence-electron chi connectivity index (χ1n) is 8.74. The molecule has 2 rings (SSSR count). The first kappa shape index (κ1) is 21.3. The van der Waals surface area contributed by atoms with E-state index in [-0.39, 0.29) is 24.9 Å². The first-order valence-corrected chi connectivity index (χ1v) is 9.62. The van der Waals surface area contributed by atoms with Crippen LogP contribution in [0.15, 0.2) is 29.6 Å². The molecule has 0 spiro atoms. The molecule has 0 aliphatic heterocycles. The van der Waals surface area contributed by atoms with Crippen molar-refractivity contribution in [3.05, 3.63) is 45.9 Å².